The maximum absolute atomic E-state index is 11.1. The number of hydrogen-bond donors (Lipinski definition) is 2. The average Bonchev–Trinajstić information content (AvgIpc) is 2.10. The molecule has 0 saturated heterocycles. The minimum Gasteiger partial charge on any atom is -0.397 e. The van der Waals surface area contributed by atoms with Crippen molar-refractivity contribution in [2.24, 2.45) is 0 Å². The number of rotatable bonds is 3. The topological polar surface area (TPSA) is 77.2 Å². The number of hydrogen-bond acceptors (Lipinski definition) is 4. The van der Waals surface area contributed by atoms with E-state index >= 15 is 0 Å². The van der Waals surface area contributed by atoms with E-state index in [0.29, 0.717) is 16.0 Å². The van der Waals surface area contributed by atoms with Gasteiger partial charge in [-0.15, -0.1) is 0 Å². The Morgan fingerprint density at radius 3 is 3.07 bits per heavy atom. The van der Waals surface area contributed by atoms with Crippen molar-refractivity contribution in [3.8, 4) is 0 Å². The molecule has 5 nitrogen and oxygen atoms in total. The van der Waals surface area contributed by atoms with Crippen LogP contribution in [0.3, 0.4) is 0 Å². The van der Waals surface area contributed by atoms with E-state index < -0.39 is 0 Å². The number of nitrogens with two attached hydrogens (primary N) is 1. The van der Waals surface area contributed by atoms with Gasteiger partial charge in [0.15, 0.2) is 0 Å². The van der Waals surface area contributed by atoms with E-state index in [0.717, 1.165) is 0 Å². The first-order valence-electron chi connectivity index (χ1n) is 3.83. The molecule has 6 heteroatoms. The summed E-state index contributed by atoms with van der Waals surface area (Å²) in [6.07, 6.45) is 1.47. The maximum Gasteiger partial charge on any atom is 0.251 e. The third-order valence-electron chi connectivity index (χ3n) is 1.40. The van der Waals surface area contributed by atoms with Crippen LogP contribution in [0.5, 0.6) is 0 Å². The average molecular weight is 260 g/mol. The number of nitrogens with one attached hydrogen (secondary N) is 1. The third kappa shape index (κ3) is 2.97. The van der Waals surface area contributed by atoms with Crippen LogP contribution >= 0.6 is 15.9 Å². The molecule has 0 unspecified atom stereocenters. The van der Waals surface area contributed by atoms with E-state index in [1.54, 1.807) is 6.07 Å². The van der Waals surface area contributed by atoms with Gasteiger partial charge in [0.05, 0.1) is 16.4 Å². The van der Waals surface area contributed by atoms with Crippen molar-refractivity contribution < 1.29 is 9.53 Å². The van der Waals surface area contributed by atoms with E-state index in [9.17, 15) is 4.79 Å². The van der Waals surface area contributed by atoms with Gasteiger partial charge in [-0.05, 0) is 22.0 Å². The zero-order chi connectivity index (χ0) is 10.6. The maximum atomic E-state index is 11.1. The van der Waals surface area contributed by atoms with Crippen LogP contribution in [0, 0.1) is 0 Å². The summed E-state index contributed by atoms with van der Waals surface area (Å²) in [6, 6.07) is 1.66. The Morgan fingerprint density at radius 2 is 2.50 bits per heavy atom. The third-order valence-corrected chi connectivity index (χ3v) is 2.00. The van der Waals surface area contributed by atoms with Crippen LogP contribution in [0.2, 0.25) is 0 Å². The molecule has 1 aromatic heterocycles. The number of amides is 1. The number of nitrogens with zero attached hydrogens (tertiary/aromatic N) is 1. The van der Waals surface area contributed by atoms with Crippen molar-refractivity contribution in [2.45, 2.75) is 0 Å². The number of methoxy groups -OCH3 is 1. The molecule has 0 aromatic carbocycles. The van der Waals surface area contributed by atoms with Gasteiger partial charge in [0.1, 0.15) is 12.4 Å². The lowest BCUT2D eigenvalue weighted by molar-refractivity contribution is -0.119. The highest BCUT2D eigenvalue weighted by Crippen LogP contribution is 2.21. The standard InChI is InChI=1S/C8H10BrN3O2/c1-14-4-7(13)12-8-6(9)2-5(10)3-11-8/h2-3H,4,10H2,1H3,(H,11,12,13). The predicted octanol–water partition coefficient (Wildman–Crippen LogP) is 1.01. The second kappa shape index (κ2) is 4.92. The lowest BCUT2D eigenvalue weighted by Gasteiger charge is -2.05. The number of halogens is 1. The van der Waals surface area contributed by atoms with Gasteiger partial charge in [-0.25, -0.2) is 4.98 Å². The number of aromatic nitrogens is 1. The molecular formula is C8H10BrN3O2. The predicted molar refractivity (Wildman–Crippen MR) is 56.9 cm³/mol. The first kappa shape index (κ1) is 10.9. The SMILES string of the molecule is COCC(=O)Nc1ncc(N)cc1Br. The Bertz CT molecular complexity index is 343. The molecule has 76 valence electrons. The molecule has 1 rings (SSSR count). The van der Waals surface area contributed by atoms with Crippen LogP contribution in [0.4, 0.5) is 11.5 Å². The van der Waals surface area contributed by atoms with Gasteiger partial charge in [0.2, 0.25) is 0 Å². The quantitative estimate of drug-likeness (QED) is 0.850. The van der Waals surface area contributed by atoms with Gasteiger partial charge < -0.3 is 15.8 Å². The Balaban J connectivity index is 2.72. The zero-order valence-electron chi connectivity index (χ0n) is 7.58. The molecule has 3 N–H and O–H groups in total. The number of pyridine rings is 1. The molecule has 1 aromatic rings. The smallest absolute Gasteiger partial charge is 0.251 e. The number of nitrogen functional groups attached to an aromatic ring is 1. The van der Waals surface area contributed by atoms with E-state index in [1.807, 2.05) is 0 Å². The molecule has 1 heterocycles. The lowest BCUT2D eigenvalue weighted by Crippen LogP contribution is -2.18. The van der Waals surface area contributed by atoms with E-state index in [4.69, 9.17) is 5.73 Å². The Hall–Kier alpha value is -1.14. The van der Waals surface area contributed by atoms with Crippen molar-refractivity contribution in [1.82, 2.24) is 4.98 Å². The molecule has 0 aliphatic carbocycles. The minimum atomic E-state index is -0.259. The fourth-order valence-corrected chi connectivity index (χ4v) is 1.31. The number of carbonyl (C=O) groups is 1. The van der Waals surface area contributed by atoms with E-state index in [-0.39, 0.29) is 12.5 Å². The van der Waals surface area contributed by atoms with Crippen LogP contribution in [0.25, 0.3) is 0 Å². The van der Waals surface area contributed by atoms with Gasteiger partial charge in [-0.2, -0.15) is 0 Å². The second-order valence-electron chi connectivity index (χ2n) is 2.58. The number of carbonyl (C=O) groups excluding carboxylic acids is 1. The zero-order valence-corrected chi connectivity index (χ0v) is 9.17. The molecular weight excluding hydrogens is 250 g/mol. The van der Waals surface area contributed by atoms with Crippen LogP contribution in [-0.4, -0.2) is 24.6 Å². The summed E-state index contributed by atoms with van der Waals surface area (Å²) in [7, 11) is 1.45. The molecule has 0 aliphatic rings. The van der Waals surface area contributed by atoms with Gasteiger partial charge in [-0.1, -0.05) is 0 Å². The lowest BCUT2D eigenvalue weighted by atomic mass is 10.4. The highest BCUT2D eigenvalue weighted by Gasteiger charge is 2.06. The Labute approximate surface area is 89.8 Å². The molecule has 0 radical (unpaired) electrons. The van der Waals surface area contributed by atoms with Crippen LogP contribution in [0.15, 0.2) is 16.7 Å². The highest BCUT2D eigenvalue weighted by atomic mass is 79.9. The fraction of sp³-hybridized carbons (Fsp3) is 0.250. The normalized spacial score (nSPS) is 9.86. The van der Waals surface area contributed by atoms with Crippen molar-refractivity contribution >= 4 is 33.3 Å². The summed E-state index contributed by atoms with van der Waals surface area (Å²) in [5.41, 5.74) is 6.02. The van der Waals surface area contributed by atoms with Gasteiger partial charge in [0, 0.05) is 7.11 Å². The summed E-state index contributed by atoms with van der Waals surface area (Å²) in [6.45, 7) is -0.00149. The summed E-state index contributed by atoms with van der Waals surface area (Å²) < 4.78 is 5.30. The Morgan fingerprint density at radius 1 is 1.79 bits per heavy atom. The second-order valence-corrected chi connectivity index (χ2v) is 3.43. The molecule has 1 amide bonds. The van der Waals surface area contributed by atoms with Gasteiger partial charge in [-0.3, -0.25) is 4.79 Å². The van der Waals surface area contributed by atoms with Crippen LogP contribution in [0.1, 0.15) is 0 Å². The largest absolute Gasteiger partial charge is 0.397 e. The molecule has 0 bridgehead atoms. The van der Waals surface area contributed by atoms with Gasteiger partial charge in [0.25, 0.3) is 5.91 Å². The van der Waals surface area contributed by atoms with Crippen LogP contribution in [-0.2, 0) is 9.53 Å². The molecule has 0 atom stereocenters. The molecule has 0 saturated carbocycles. The van der Waals surface area contributed by atoms with E-state index in [1.165, 1.54) is 13.3 Å². The van der Waals surface area contributed by atoms with Crippen molar-refractivity contribution in [3.05, 3.63) is 16.7 Å². The van der Waals surface area contributed by atoms with Crippen molar-refractivity contribution in [1.29, 1.82) is 0 Å². The van der Waals surface area contributed by atoms with Crippen molar-refractivity contribution in [3.63, 3.8) is 0 Å². The van der Waals surface area contributed by atoms with Crippen LogP contribution < -0.4 is 11.1 Å². The number of ether oxygens (including phenoxy) is 1. The molecule has 14 heavy (non-hydrogen) atoms. The van der Waals surface area contributed by atoms with E-state index in [2.05, 4.69) is 31.0 Å². The van der Waals surface area contributed by atoms with Crippen molar-refractivity contribution in [2.75, 3.05) is 24.8 Å². The first-order valence-corrected chi connectivity index (χ1v) is 4.62. The van der Waals surface area contributed by atoms with Gasteiger partial charge >= 0.3 is 0 Å². The summed E-state index contributed by atoms with van der Waals surface area (Å²) in [4.78, 5) is 15.1. The molecule has 0 spiro atoms. The Kier molecular flexibility index (Phi) is 3.84. The summed E-state index contributed by atoms with van der Waals surface area (Å²) in [5, 5.41) is 2.56. The monoisotopic (exact) mass is 259 g/mol. The minimum absolute atomic E-state index is 0.00149. The molecule has 0 fully saturated rings. The summed E-state index contributed by atoms with van der Waals surface area (Å²) >= 11 is 3.23. The highest BCUT2D eigenvalue weighted by molar-refractivity contribution is 9.10. The fourth-order valence-electron chi connectivity index (χ4n) is 0.844. The number of anilines is 2. The summed E-state index contributed by atoms with van der Waals surface area (Å²) in [5.74, 6) is 0.173. The molecule has 0 aliphatic heterocycles. The first-order chi connectivity index (χ1) is 6.63.